The molecule has 2 aromatic carbocycles. The molecule has 5 nitrogen and oxygen atoms in total. The third kappa shape index (κ3) is 3.45. The Balaban J connectivity index is 1.42. The van der Waals surface area contributed by atoms with Gasteiger partial charge in [0.15, 0.2) is 6.10 Å². The number of benzene rings is 2. The fourth-order valence-electron chi connectivity index (χ4n) is 3.37. The molecule has 1 aliphatic rings. The Hall–Kier alpha value is -3.08. The van der Waals surface area contributed by atoms with E-state index in [0.29, 0.717) is 19.2 Å². The maximum atomic E-state index is 11.5. The van der Waals surface area contributed by atoms with E-state index in [2.05, 4.69) is 49.2 Å². The molecule has 3 aromatic rings. The van der Waals surface area contributed by atoms with Gasteiger partial charge in [0.2, 0.25) is 0 Å². The van der Waals surface area contributed by atoms with Crippen LogP contribution in [0.3, 0.4) is 0 Å². The molecule has 138 valence electrons. The van der Waals surface area contributed by atoms with Crippen LogP contribution in [-0.4, -0.2) is 22.3 Å². The molecule has 0 saturated heterocycles. The van der Waals surface area contributed by atoms with Gasteiger partial charge in [-0.25, -0.2) is 0 Å². The van der Waals surface area contributed by atoms with Gasteiger partial charge in [0.25, 0.3) is 11.6 Å². The molecule has 1 aliphatic heterocycles. The smallest absolute Gasteiger partial charge is 0.300 e. The first-order valence-electron chi connectivity index (χ1n) is 9.06. The number of hydrogen-bond donors (Lipinski definition) is 0. The Morgan fingerprint density at radius 1 is 1.15 bits per heavy atom. The molecule has 1 atom stereocenters. The number of aryl methyl sites for hydroxylation is 2. The molecular weight excluding hydrogens is 340 g/mol. The van der Waals surface area contributed by atoms with Crippen molar-refractivity contribution in [2.24, 2.45) is 0 Å². The third-order valence-corrected chi connectivity index (χ3v) is 5.06. The molecule has 0 fully saturated rings. The minimum atomic E-state index is -0.276. The highest BCUT2D eigenvalue weighted by atomic mass is 16.6. The van der Waals surface area contributed by atoms with Gasteiger partial charge < -0.3 is 9.47 Å². The number of ether oxygens (including phenoxy) is 2. The van der Waals surface area contributed by atoms with E-state index in [1.54, 1.807) is 0 Å². The summed E-state index contributed by atoms with van der Waals surface area (Å²) in [6, 6.07) is 16.3. The van der Waals surface area contributed by atoms with E-state index in [0.717, 1.165) is 11.4 Å². The van der Waals surface area contributed by atoms with Gasteiger partial charge in [-0.1, -0.05) is 30.3 Å². The quantitative estimate of drug-likeness (QED) is 0.710. The highest BCUT2D eigenvalue weighted by Gasteiger charge is 2.25. The van der Waals surface area contributed by atoms with Gasteiger partial charge in [-0.3, -0.25) is 9.36 Å². The molecule has 0 amide bonds. The SMILES string of the molecule is Cc1cccc(-c2ccc(OC[C@@H]3Cn4c(C)cc(=O)nc4O3)cc2)c1C. The second-order valence-corrected chi connectivity index (χ2v) is 6.95. The summed E-state index contributed by atoms with van der Waals surface area (Å²) in [5.74, 6) is 0.794. The van der Waals surface area contributed by atoms with E-state index >= 15 is 0 Å². The summed E-state index contributed by atoms with van der Waals surface area (Å²) >= 11 is 0. The van der Waals surface area contributed by atoms with Crippen LogP contribution in [0.4, 0.5) is 0 Å². The van der Waals surface area contributed by atoms with Crippen LogP contribution in [0, 0.1) is 20.8 Å². The summed E-state index contributed by atoms with van der Waals surface area (Å²) in [4.78, 5) is 15.4. The summed E-state index contributed by atoms with van der Waals surface area (Å²) in [6.45, 7) is 7.19. The van der Waals surface area contributed by atoms with Crippen molar-refractivity contribution >= 4 is 0 Å². The van der Waals surface area contributed by atoms with Crippen molar-refractivity contribution in [1.82, 2.24) is 9.55 Å². The van der Waals surface area contributed by atoms with Crippen LogP contribution < -0.4 is 15.0 Å². The van der Waals surface area contributed by atoms with Crippen molar-refractivity contribution in [3.63, 3.8) is 0 Å². The summed E-state index contributed by atoms with van der Waals surface area (Å²) in [6.07, 6.45) is -0.156. The van der Waals surface area contributed by atoms with Crippen LogP contribution in [0.25, 0.3) is 11.1 Å². The van der Waals surface area contributed by atoms with Gasteiger partial charge in [0, 0.05) is 11.8 Å². The van der Waals surface area contributed by atoms with Gasteiger partial charge in [-0.2, -0.15) is 4.98 Å². The molecule has 0 N–H and O–H groups in total. The second-order valence-electron chi connectivity index (χ2n) is 6.95. The molecule has 0 spiro atoms. The molecule has 4 rings (SSSR count). The van der Waals surface area contributed by atoms with Gasteiger partial charge in [-0.15, -0.1) is 0 Å². The normalized spacial score (nSPS) is 15.3. The number of rotatable bonds is 4. The number of aromatic nitrogens is 2. The molecule has 5 heteroatoms. The summed E-state index contributed by atoms with van der Waals surface area (Å²) in [5, 5.41) is 0. The fourth-order valence-corrected chi connectivity index (χ4v) is 3.37. The van der Waals surface area contributed by atoms with Crippen LogP contribution in [0.15, 0.2) is 53.3 Å². The monoisotopic (exact) mass is 362 g/mol. The lowest BCUT2D eigenvalue weighted by Crippen LogP contribution is -2.23. The van der Waals surface area contributed by atoms with E-state index in [4.69, 9.17) is 9.47 Å². The summed E-state index contributed by atoms with van der Waals surface area (Å²) < 4.78 is 13.5. The average molecular weight is 362 g/mol. The average Bonchev–Trinajstić information content (AvgIpc) is 3.06. The Morgan fingerprint density at radius 3 is 2.70 bits per heavy atom. The Labute approximate surface area is 158 Å². The third-order valence-electron chi connectivity index (χ3n) is 5.06. The summed E-state index contributed by atoms with van der Waals surface area (Å²) in [7, 11) is 0. The predicted octanol–water partition coefficient (Wildman–Crippen LogP) is 3.68. The lowest BCUT2D eigenvalue weighted by atomic mass is 9.97. The van der Waals surface area contributed by atoms with Gasteiger partial charge in [0.05, 0.1) is 6.54 Å². The van der Waals surface area contributed by atoms with Crippen LogP contribution in [0.2, 0.25) is 0 Å². The first-order valence-corrected chi connectivity index (χ1v) is 9.06. The highest BCUT2D eigenvalue weighted by molar-refractivity contribution is 5.68. The van der Waals surface area contributed by atoms with E-state index in [1.165, 1.54) is 28.3 Å². The number of hydrogen-bond acceptors (Lipinski definition) is 4. The van der Waals surface area contributed by atoms with Gasteiger partial charge in [0.1, 0.15) is 12.4 Å². The zero-order valence-corrected chi connectivity index (χ0v) is 15.7. The molecule has 0 aliphatic carbocycles. The van der Waals surface area contributed by atoms with Crippen LogP contribution in [0.5, 0.6) is 11.8 Å². The second kappa shape index (κ2) is 6.91. The number of fused-ring (bicyclic) bond motifs is 1. The Morgan fingerprint density at radius 2 is 1.93 bits per heavy atom. The molecular formula is C22H22N2O3. The van der Waals surface area contributed by atoms with Crippen LogP contribution in [-0.2, 0) is 6.54 Å². The van der Waals surface area contributed by atoms with Crippen molar-refractivity contribution in [2.45, 2.75) is 33.4 Å². The highest BCUT2D eigenvalue weighted by Crippen LogP contribution is 2.27. The van der Waals surface area contributed by atoms with Crippen molar-refractivity contribution in [2.75, 3.05) is 6.61 Å². The first kappa shape index (κ1) is 17.3. The largest absolute Gasteiger partial charge is 0.490 e. The molecule has 0 unspecified atom stereocenters. The first-order chi connectivity index (χ1) is 13.0. The topological polar surface area (TPSA) is 53.4 Å². The molecule has 0 saturated carbocycles. The Bertz CT molecular complexity index is 1040. The zero-order chi connectivity index (χ0) is 19.0. The van der Waals surface area contributed by atoms with Crippen molar-refractivity contribution in [3.05, 3.63) is 75.7 Å². The fraction of sp³-hybridized carbons (Fsp3) is 0.273. The molecule has 0 radical (unpaired) electrons. The zero-order valence-electron chi connectivity index (χ0n) is 15.7. The molecule has 2 heterocycles. The maximum absolute atomic E-state index is 11.5. The van der Waals surface area contributed by atoms with E-state index in [1.807, 2.05) is 23.6 Å². The minimum absolute atomic E-state index is 0.156. The van der Waals surface area contributed by atoms with Crippen LogP contribution >= 0.6 is 0 Å². The summed E-state index contributed by atoms with van der Waals surface area (Å²) in [5.41, 5.74) is 5.57. The minimum Gasteiger partial charge on any atom is -0.490 e. The van der Waals surface area contributed by atoms with Crippen LogP contribution in [0.1, 0.15) is 16.8 Å². The standard InChI is InChI=1S/C22H22N2O3/c1-14-5-4-6-20(16(14)3)17-7-9-18(10-8-17)26-13-19-12-24-15(2)11-21(25)23-22(24)27-19/h4-11,19H,12-13H2,1-3H3/t19-/m0/s1. The van der Waals surface area contributed by atoms with E-state index in [-0.39, 0.29) is 11.7 Å². The van der Waals surface area contributed by atoms with E-state index < -0.39 is 0 Å². The molecule has 1 aromatic heterocycles. The van der Waals surface area contributed by atoms with E-state index in [9.17, 15) is 4.79 Å². The molecule has 0 bridgehead atoms. The van der Waals surface area contributed by atoms with Crippen molar-refractivity contribution in [1.29, 1.82) is 0 Å². The predicted molar refractivity (Wildman–Crippen MR) is 104 cm³/mol. The maximum Gasteiger partial charge on any atom is 0.300 e. The Kier molecular flexibility index (Phi) is 4.44. The van der Waals surface area contributed by atoms with Crippen molar-refractivity contribution in [3.8, 4) is 22.9 Å². The van der Waals surface area contributed by atoms with Gasteiger partial charge in [-0.05, 0) is 55.2 Å². The molecule has 27 heavy (non-hydrogen) atoms. The number of nitrogens with zero attached hydrogens (tertiary/aromatic N) is 2. The lowest BCUT2D eigenvalue weighted by Gasteiger charge is -2.12. The lowest BCUT2D eigenvalue weighted by molar-refractivity contribution is 0.143. The van der Waals surface area contributed by atoms with Gasteiger partial charge >= 0.3 is 0 Å². The van der Waals surface area contributed by atoms with Crippen molar-refractivity contribution < 1.29 is 9.47 Å².